The number of piperazine rings is 1. The molecule has 1 aromatic rings. The lowest BCUT2D eigenvalue weighted by molar-refractivity contribution is -0.308. The maximum Gasteiger partial charge on any atom is 0.434 e. The van der Waals surface area contributed by atoms with Crippen molar-refractivity contribution < 1.29 is 54.9 Å². The summed E-state index contributed by atoms with van der Waals surface area (Å²) in [6.07, 6.45) is -17.5. The number of carboxylic acid groups (broad SMARTS) is 1. The molecule has 0 spiro atoms. The molecule has 192 valence electrons. The third kappa shape index (κ3) is 8.20. The lowest BCUT2D eigenvalue weighted by Crippen LogP contribution is -2.52. The Balaban J connectivity index is 1.91. The topological polar surface area (TPSA) is 91.3 Å². The molecule has 0 saturated carbocycles. The average Bonchev–Trinajstić information content (AvgIpc) is 2.72. The highest BCUT2D eigenvalue weighted by Crippen LogP contribution is 2.36. The fourth-order valence-electron chi connectivity index (χ4n) is 3.13. The van der Waals surface area contributed by atoms with Gasteiger partial charge in [-0.05, 0) is 11.6 Å². The molecule has 0 bridgehead atoms. The van der Waals surface area contributed by atoms with Crippen LogP contribution in [0.3, 0.4) is 0 Å². The summed E-state index contributed by atoms with van der Waals surface area (Å²) in [5.41, 5.74) is 0.643. The molecule has 2 N–H and O–H groups in total. The lowest BCUT2D eigenvalue weighted by atomic mass is 10.1. The number of ether oxygens (including phenoxy) is 2. The molecule has 0 unspecified atom stereocenters. The molecule has 1 aromatic carbocycles. The van der Waals surface area contributed by atoms with Crippen molar-refractivity contribution in [2.75, 3.05) is 51.3 Å². The van der Waals surface area contributed by atoms with E-state index in [4.69, 9.17) is 9.84 Å². The number of para-hydroxylation sites is 1. The minimum absolute atomic E-state index is 0.00228. The van der Waals surface area contributed by atoms with Crippen LogP contribution in [0.1, 0.15) is 5.56 Å². The molecule has 1 saturated heterocycles. The van der Waals surface area contributed by atoms with Crippen LogP contribution in [0, 0.1) is 5.82 Å². The van der Waals surface area contributed by atoms with E-state index in [2.05, 4.69) is 10.1 Å². The highest BCUT2D eigenvalue weighted by atomic mass is 19.4. The highest BCUT2D eigenvalue weighted by molar-refractivity contribution is 5.68. The number of carbonyl (C=O) groups excluding carboxylic acids is 1. The van der Waals surface area contributed by atoms with E-state index in [1.54, 1.807) is 11.0 Å². The first-order chi connectivity index (χ1) is 15.8. The average molecular weight is 505 g/mol. The molecule has 1 amide bonds. The third-order valence-electron chi connectivity index (χ3n) is 4.71. The Labute approximate surface area is 189 Å². The largest absolute Gasteiger partial charge is 0.480 e. The van der Waals surface area contributed by atoms with Crippen molar-refractivity contribution in [2.45, 2.75) is 25.0 Å². The normalized spacial score (nSPS) is 15.5. The van der Waals surface area contributed by atoms with Crippen LogP contribution < -0.4 is 5.32 Å². The third-order valence-corrected chi connectivity index (χ3v) is 4.71. The van der Waals surface area contributed by atoms with Crippen molar-refractivity contribution in [3.05, 3.63) is 29.6 Å². The maximum absolute atomic E-state index is 14.3. The molecule has 8 nitrogen and oxygen atoms in total. The van der Waals surface area contributed by atoms with Crippen molar-refractivity contribution >= 4 is 17.7 Å². The van der Waals surface area contributed by atoms with Gasteiger partial charge >= 0.3 is 24.4 Å². The van der Waals surface area contributed by atoms with Crippen LogP contribution in [0.2, 0.25) is 0 Å². The molecule has 34 heavy (non-hydrogen) atoms. The number of hydrogen-bond donors (Lipinski definition) is 2. The summed E-state index contributed by atoms with van der Waals surface area (Å²) in [6, 6.07) is 4.27. The number of rotatable bonds is 9. The van der Waals surface area contributed by atoms with Crippen molar-refractivity contribution in [3.8, 4) is 0 Å². The standard InChI is InChI=1S/C19H22F7N3O5/c20-13-3-1-2-12(15(13)27-4-9-33-11-14(30)31)10-28-5-7-29(8-6-28)17(32)34-16(18(21,22)23)19(24,25)26/h1-3,16,27H,4-11H2,(H,30,31). The Bertz CT molecular complexity index is 829. The second-order valence-corrected chi connectivity index (χ2v) is 7.26. The fraction of sp³-hybridized carbons (Fsp3) is 0.579. The molecule has 1 heterocycles. The first kappa shape index (κ1) is 27.4. The van der Waals surface area contributed by atoms with Crippen molar-refractivity contribution in [2.24, 2.45) is 0 Å². The lowest BCUT2D eigenvalue weighted by Gasteiger charge is -2.35. The molecular formula is C19H22F7N3O5. The Kier molecular flexibility index (Phi) is 9.32. The molecule has 15 heteroatoms. The van der Waals surface area contributed by atoms with Gasteiger partial charge in [-0.3, -0.25) is 4.90 Å². The molecule has 0 atom stereocenters. The Morgan fingerprint density at radius 3 is 2.24 bits per heavy atom. The van der Waals surface area contributed by atoms with E-state index in [0.29, 0.717) is 5.56 Å². The number of nitrogens with one attached hydrogen (secondary N) is 1. The number of carboxylic acids is 1. The predicted molar refractivity (Wildman–Crippen MR) is 103 cm³/mol. The Morgan fingerprint density at radius 2 is 1.68 bits per heavy atom. The smallest absolute Gasteiger partial charge is 0.434 e. The van der Waals surface area contributed by atoms with Crippen LogP contribution in [-0.2, 0) is 20.8 Å². The molecule has 2 rings (SSSR count). The minimum atomic E-state index is -5.80. The number of anilines is 1. The number of aliphatic carboxylic acids is 1. The number of alkyl halides is 6. The zero-order valence-electron chi connectivity index (χ0n) is 17.6. The van der Waals surface area contributed by atoms with Gasteiger partial charge in [0.15, 0.2) is 0 Å². The number of benzene rings is 1. The van der Waals surface area contributed by atoms with Gasteiger partial charge in [0.25, 0.3) is 6.10 Å². The summed E-state index contributed by atoms with van der Waals surface area (Å²) >= 11 is 0. The summed E-state index contributed by atoms with van der Waals surface area (Å²) < 4.78 is 98.4. The van der Waals surface area contributed by atoms with E-state index >= 15 is 0 Å². The zero-order valence-corrected chi connectivity index (χ0v) is 17.6. The van der Waals surface area contributed by atoms with E-state index in [1.807, 2.05) is 0 Å². The number of nitrogens with zero attached hydrogens (tertiary/aromatic N) is 2. The van der Waals surface area contributed by atoms with Gasteiger partial charge in [0.2, 0.25) is 0 Å². The van der Waals surface area contributed by atoms with Gasteiger partial charge in [-0.1, -0.05) is 12.1 Å². The number of halogens is 7. The SMILES string of the molecule is O=C(O)COCCNc1c(F)cccc1CN1CCN(C(=O)OC(C(F)(F)F)C(F)(F)F)CC1. The summed E-state index contributed by atoms with van der Waals surface area (Å²) in [5, 5.41) is 11.3. The van der Waals surface area contributed by atoms with Gasteiger partial charge in [0.05, 0.1) is 12.3 Å². The van der Waals surface area contributed by atoms with Crippen LogP contribution in [0.15, 0.2) is 18.2 Å². The van der Waals surface area contributed by atoms with Crippen LogP contribution in [0.4, 0.5) is 41.2 Å². The van der Waals surface area contributed by atoms with Crippen LogP contribution in [0.5, 0.6) is 0 Å². The van der Waals surface area contributed by atoms with Gasteiger partial charge in [0, 0.05) is 39.3 Å². The van der Waals surface area contributed by atoms with Crippen molar-refractivity contribution in [1.82, 2.24) is 9.80 Å². The molecule has 1 aliphatic heterocycles. The van der Waals surface area contributed by atoms with Gasteiger partial charge in [0.1, 0.15) is 12.4 Å². The summed E-state index contributed by atoms with van der Waals surface area (Å²) in [7, 11) is 0. The summed E-state index contributed by atoms with van der Waals surface area (Å²) in [4.78, 5) is 24.8. The maximum atomic E-state index is 14.3. The Morgan fingerprint density at radius 1 is 1.06 bits per heavy atom. The molecule has 1 aliphatic rings. The number of carbonyl (C=O) groups is 2. The van der Waals surface area contributed by atoms with E-state index in [-0.39, 0.29) is 51.6 Å². The highest BCUT2D eigenvalue weighted by Gasteiger charge is 2.60. The molecule has 0 aromatic heterocycles. The van der Waals surface area contributed by atoms with E-state index in [1.165, 1.54) is 12.1 Å². The molecule has 1 fully saturated rings. The molecule has 0 aliphatic carbocycles. The first-order valence-corrected chi connectivity index (χ1v) is 9.91. The van der Waals surface area contributed by atoms with E-state index in [9.17, 15) is 40.3 Å². The van der Waals surface area contributed by atoms with Gasteiger partial charge in [-0.25, -0.2) is 14.0 Å². The van der Waals surface area contributed by atoms with Crippen molar-refractivity contribution in [1.29, 1.82) is 0 Å². The Hall–Kier alpha value is -2.81. The van der Waals surface area contributed by atoms with Gasteiger partial charge in [-0.15, -0.1) is 0 Å². The zero-order chi connectivity index (χ0) is 25.5. The monoisotopic (exact) mass is 505 g/mol. The summed E-state index contributed by atoms with van der Waals surface area (Å²) in [5.74, 6) is -1.73. The van der Waals surface area contributed by atoms with E-state index in [0.717, 1.165) is 4.90 Å². The van der Waals surface area contributed by atoms with Crippen LogP contribution in [0.25, 0.3) is 0 Å². The summed E-state index contributed by atoms with van der Waals surface area (Å²) in [6.45, 7) is -0.425. The second kappa shape index (κ2) is 11.6. The van der Waals surface area contributed by atoms with Crippen LogP contribution >= 0.6 is 0 Å². The van der Waals surface area contributed by atoms with Crippen molar-refractivity contribution in [3.63, 3.8) is 0 Å². The van der Waals surface area contributed by atoms with E-state index < -0.39 is 42.9 Å². The quantitative estimate of drug-likeness (QED) is 0.394. The number of hydrogen-bond acceptors (Lipinski definition) is 6. The number of amides is 1. The van der Waals surface area contributed by atoms with Gasteiger partial charge in [-0.2, -0.15) is 26.3 Å². The molecule has 0 radical (unpaired) electrons. The predicted octanol–water partition coefficient (Wildman–Crippen LogP) is 3.09. The fourth-order valence-corrected chi connectivity index (χ4v) is 3.13. The minimum Gasteiger partial charge on any atom is -0.480 e. The first-order valence-electron chi connectivity index (χ1n) is 9.91. The molecular weight excluding hydrogens is 483 g/mol. The van der Waals surface area contributed by atoms with Gasteiger partial charge < -0.3 is 24.8 Å². The van der Waals surface area contributed by atoms with Crippen LogP contribution in [-0.4, -0.2) is 91.4 Å². The second-order valence-electron chi connectivity index (χ2n) is 7.26.